The van der Waals surface area contributed by atoms with E-state index in [-0.39, 0.29) is 40.1 Å². The summed E-state index contributed by atoms with van der Waals surface area (Å²) in [5.74, 6) is -4.72. The highest BCUT2D eigenvalue weighted by atomic mass is 35.5. The van der Waals surface area contributed by atoms with Crippen LogP contribution >= 0.6 is 11.6 Å². The smallest absolute Gasteiger partial charge is 0.490 e. The molecule has 2 amide bonds. The van der Waals surface area contributed by atoms with E-state index in [9.17, 15) is 27.6 Å². The summed E-state index contributed by atoms with van der Waals surface area (Å²) in [6.07, 6.45) is -5.56. The first-order valence-electron chi connectivity index (χ1n) is 14.1. The van der Waals surface area contributed by atoms with Gasteiger partial charge >= 0.3 is 12.1 Å². The number of hydrazine groups is 1. The first-order chi connectivity index (χ1) is 22.1. The molecular formula is C31H34ClF3N6O6. The molecule has 0 bridgehead atoms. The number of nitrogens with one attached hydrogen (secondary N) is 4. The quantitative estimate of drug-likeness (QED) is 0.0577. The Morgan fingerprint density at radius 2 is 1.68 bits per heavy atom. The molecule has 47 heavy (non-hydrogen) atoms. The highest BCUT2D eigenvalue weighted by Crippen LogP contribution is 2.34. The molecule has 0 aliphatic carbocycles. The maximum absolute atomic E-state index is 13.6. The van der Waals surface area contributed by atoms with Crippen molar-refractivity contribution in [2.24, 2.45) is 5.73 Å². The van der Waals surface area contributed by atoms with Crippen LogP contribution in [0.5, 0.6) is 17.2 Å². The third kappa shape index (κ3) is 10.2. The van der Waals surface area contributed by atoms with Crippen LogP contribution in [0.25, 0.3) is 0 Å². The fourth-order valence-electron chi connectivity index (χ4n) is 4.29. The number of nitrogens with zero attached hydrogens (tertiary/aromatic N) is 1. The zero-order chi connectivity index (χ0) is 34.9. The van der Waals surface area contributed by atoms with E-state index >= 15 is 0 Å². The number of ether oxygens (including phenoxy) is 3. The molecule has 0 aromatic heterocycles. The number of alkyl halides is 3. The molecule has 0 saturated heterocycles. The molecule has 0 fully saturated rings. The van der Waals surface area contributed by atoms with E-state index in [1.54, 1.807) is 31.2 Å². The zero-order valence-corrected chi connectivity index (χ0v) is 26.6. The van der Waals surface area contributed by atoms with Gasteiger partial charge in [-0.15, -0.1) is 0 Å². The second-order valence-corrected chi connectivity index (χ2v) is 10.7. The Kier molecular flexibility index (Phi) is 12.4. The van der Waals surface area contributed by atoms with Crippen LogP contribution in [0.3, 0.4) is 0 Å². The minimum absolute atomic E-state index is 0.00422. The maximum atomic E-state index is 13.6. The molecule has 2 atom stereocenters. The second-order valence-electron chi connectivity index (χ2n) is 10.3. The van der Waals surface area contributed by atoms with E-state index in [2.05, 4.69) is 20.9 Å². The van der Waals surface area contributed by atoms with Crippen molar-refractivity contribution < 1.29 is 41.8 Å². The Labute approximate surface area is 273 Å². The van der Waals surface area contributed by atoms with E-state index in [1.807, 2.05) is 25.9 Å². The third-order valence-corrected chi connectivity index (χ3v) is 6.58. The van der Waals surface area contributed by atoms with Gasteiger partial charge in [-0.05, 0) is 69.9 Å². The summed E-state index contributed by atoms with van der Waals surface area (Å²) in [5, 5.41) is 10.7. The number of amides is 2. The van der Waals surface area contributed by atoms with Gasteiger partial charge in [-0.1, -0.05) is 29.8 Å². The zero-order valence-electron chi connectivity index (χ0n) is 25.8. The second kappa shape index (κ2) is 16.0. The number of benzene rings is 3. The molecule has 2 unspecified atom stereocenters. The Hall–Kier alpha value is -5.02. The largest absolute Gasteiger partial charge is 0.491 e. The summed E-state index contributed by atoms with van der Waals surface area (Å²) in [6.45, 7) is 4.48. The Morgan fingerprint density at radius 1 is 0.979 bits per heavy atom. The molecule has 0 heterocycles. The van der Waals surface area contributed by atoms with Gasteiger partial charge in [0.25, 0.3) is 11.8 Å². The van der Waals surface area contributed by atoms with Gasteiger partial charge in [0.05, 0.1) is 22.8 Å². The lowest BCUT2D eigenvalue weighted by atomic mass is 10.0. The first-order valence-corrected chi connectivity index (χ1v) is 14.4. The summed E-state index contributed by atoms with van der Waals surface area (Å²) in [4.78, 5) is 39.9. The third-order valence-electron chi connectivity index (χ3n) is 6.25. The minimum Gasteiger partial charge on any atom is -0.490 e. The normalized spacial score (nSPS) is 12.4. The Balaban J connectivity index is 2.01. The molecule has 252 valence electrons. The van der Waals surface area contributed by atoms with Crippen molar-refractivity contribution >= 4 is 40.9 Å². The minimum atomic E-state index is -5.33. The number of nitrogen functional groups attached to an aromatic ring is 1. The van der Waals surface area contributed by atoms with E-state index in [1.165, 1.54) is 24.3 Å². The summed E-state index contributed by atoms with van der Waals surface area (Å²) in [6, 6.07) is 12.9. The van der Waals surface area contributed by atoms with Gasteiger partial charge in [0.15, 0.2) is 11.5 Å². The fourth-order valence-corrected chi connectivity index (χ4v) is 4.51. The molecule has 16 heteroatoms. The number of hydrogen-bond donors (Lipinski definition) is 5. The topological polar surface area (TPSA) is 168 Å². The molecule has 0 spiro atoms. The average molecular weight is 679 g/mol. The van der Waals surface area contributed by atoms with E-state index in [4.69, 9.17) is 32.2 Å². The number of likely N-dealkylation sites (N-methyl/N-ethyl adjacent to an activating group) is 1. The molecular weight excluding hydrogens is 645 g/mol. The predicted octanol–water partition coefficient (Wildman–Crippen LogP) is 4.43. The highest BCUT2D eigenvalue weighted by Gasteiger charge is 2.42. The predicted molar refractivity (Wildman–Crippen MR) is 169 cm³/mol. The summed E-state index contributed by atoms with van der Waals surface area (Å²) < 4.78 is 55.3. The van der Waals surface area contributed by atoms with Crippen LogP contribution in [0, 0.1) is 5.41 Å². The molecule has 3 aromatic rings. The van der Waals surface area contributed by atoms with Crippen molar-refractivity contribution in [2.45, 2.75) is 32.2 Å². The van der Waals surface area contributed by atoms with Gasteiger partial charge in [0.2, 0.25) is 0 Å². The lowest BCUT2D eigenvalue weighted by Crippen LogP contribution is -2.45. The fraction of sp³-hybridized carbons (Fsp3) is 0.290. The molecule has 0 aliphatic heterocycles. The van der Waals surface area contributed by atoms with Crippen LogP contribution in [0.2, 0.25) is 5.02 Å². The molecule has 6 N–H and O–H groups in total. The number of amidine groups is 1. The first kappa shape index (κ1) is 36.4. The average Bonchev–Trinajstić information content (AvgIpc) is 2.99. The number of esters is 1. The van der Waals surface area contributed by atoms with Gasteiger partial charge in [-0.25, -0.2) is 4.79 Å². The van der Waals surface area contributed by atoms with E-state index in [0.717, 1.165) is 12.1 Å². The lowest BCUT2D eigenvalue weighted by molar-refractivity contribution is -0.189. The lowest BCUT2D eigenvalue weighted by Gasteiger charge is -2.24. The molecule has 0 radical (unpaired) electrons. The van der Waals surface area contributed by atoms with Crippen LogP contribution in [0.15, 0.2) is 60.7 Å². The molecule has 0 saturated carbocycles. The van der Waals surface area contributed by atoms with Crippen molar-refractivity contribution in [1.82, 2.24) is 15.8 Å². The number of carbonyl (C=O) groups excluding carboxylic acids is 3. The summed E-state index contributed by atoms with van der Waals surface area (Å²) in [7, 11) is 3.79. The number of halogens is 4. The van der Waals surface area contributed by atoms with Crippen LogP contribution in [-0.4, -0.2) is 68.0 Å². The maximum Gasteiger partial charge on any atom is 0.491 e. The van der Waals surface area contributed by atoms with Crippen molar-refractivity contribution in [2.75, 3.05) is 32.6 Å². The van der Waals surface area contributed by atoms with Crippen LogP contribution in [0.1, 0.15) is 41.4 Å². The summed E-state index contributed by atoms with van der Waals surface area (Å²) >= 11 is 6.10. The summed E-state index contributed by atoms with van der Waals surface area (Å²) in [5.41, 5.74) is 10.2. The van der Waals surface area contributed by atoms with Crippen LogP contribution in [-0.2, 0) is 9.59 Å². The highest BCUT2D eigenvalue weighted by molar-refractivity contribution is 6.33. The molecule has 3 rings (SSSR count). The molecule has 0 aliphatic rings. The van der Waals surface area contributed by atoms with Gasteiger partial charge in [-0.3, -0.25) is 25.8 Å². The monoisotopic (exact) mass is 678 g/mol. The number of carbonyl (C=O) groups is 3. The number of nitrogens with two attached hydrogens (primary N) is 1. The van der Waals surface area contributed by atoms with E-state index in [0.29, 0.717) is 18.0 Å². The SMILES string of the molecule is CCOc1cc(C(Nc2ccc(C(=N)N)c(OC(=O)C(F)(F)F)c2)C(=O)NNC(=O)c2ccccc2Cl)ccc1OC(C)CN(C)C. The number of anilines is 1. The standard InChI is InChI=1S/C31H34ClF3N6O6/c1-5-45-25-14-18(10-13-23(25)46-17(2)16-41(3)4)26(29(43)40-39-28(42)20-8-6-7-9-22(20)32)38-19-11-12-21(27(36)37)24(15-19)47-30(44)31(33,34)35/h6-15,17,26,38H,5,16H2,1-4H3,(H3,36,37)(H,39,42)(H,40,43). The van der Waals surface area contributed by atoms with E-state index < -0.39 is 41.6 Å². The molecule has 12 nitrogen and oxygen atoms in total. The van der Waals surface area contributed by atoms with Crippen molar-refractivity contribution in [3.05, 3.63) is 82.4 Å². The van der Waals surface area contributed by atoms with Crippen molar-refractivity contribution in [3.63, 3.8) is 0 Å². The van der Waals surface area contributed by atoms with Gasteiger partial charge in [0, 0.05) is 18.3 Å². The van der Waals surface area contributed by atoms with Crippen molar-refractivity contribution in [1.29, 1.82) is 5.41 Å². The van der Waals surface area contributed by atoms with Gasteiger partial charge in [0.1, 0.15) is 23.7 Å². The van der Waals surface area contributed by atoms with Crippen LogP contribution < -0.4 is 36.1 Å². The number of rotatable bonds is 13. The molecule has 3 aromatic carbocycles. The van der Waals surface area contributed by atoms with Gasteiger partial charge < -0.3 is 30.2 Å². The number of hydrogen-bond acceptors (Lipinski definition) is 9. The Bertz CT molecular complexity index is 1620. The van der Waals surface area contributed by atoms with Gasteiger partial charge in [-0.2, -0.15) is 13.2 Å². The van der Waals surface area contributed by atoms with Crippen molar-refractivity contribution in [3.8, 4) is 17.2 Å². The Morgan fingerprint density at radius 3 is 2.30 bits per heavy atom. The van der Waals surface area contributed by atoms with Crippen LogP contribution in [0.4, 0.5) is 18.9 Å².